The first kappa shape index (κ1) is 23.6. The second kappa shape index (κ2) is 10.0. The number of carbonyl (C=O) groups is 1. The van der Waals surface area contributed by atoms with Crippen LogP contribution < -0.4 is 15.6 Å². The number of rotatable bonds is 8. The molecule has 0 fully saturated rings. The number of thioether (sulfide) groups is 1. The van der Waals surface area contributed by atoms with Crippen LogP contribution >= 0.6 is 34.7 Å². The van der Waals surface area contributed by atoms with Crippen molar-refractivity contribution in [1.82, 2.24) is 9.55 Å². The molecule has 1 amide bonds. The summed E-state index contributed by atoms with van der Waals surface area (Å²) in [5, 5.41) is 3.92. The molecule has 0 unspecified atom stereocenters. The predicted octanol–water partition coefficient (Wildman–Crippen LogP) is 4.50. The lowest BCUT2D eigenvalue weighted by molar-refractivity contribution is -0.115. The normalized spacial score (nSPS) is 12.2. The smallest absolute Gasteiger partial charge is 0.263 e. The molecule has 1 atom stereocenters. The molecule has 1 aromatic carbocycles. The molecule has 166 valence electrons. The molecule has 3 aromatic rings. The van der Waals surface area contributed by atoms with Crippen molar-refractivity contribution in [3.05, 3.63) is 44.0 Å². The molecule has 0 spiro atoms. The Morgan fingerprint density at radius 2 is 2.10 bits per heavy atom. The van der Waals surface area contributed by atoms with E-state index in [9.17, 15) is 9.59 Å². The maximum Gasteiger partial charge on any atom is 0.263 e. The molecule has 0 saturated heterocycles. The zero-order valence-electron chi connectivity index (χ0n) is 17.9. The van der Waals surface area contributed by atoms with Gasteiger partial charge in [-0.15, -0.1) is 11.3 Å². The largest absolute Gasteiger partial charge is 0.495 e. The lowest BCUT2D eigenvalue weighted by Crippen LogP contribution is -2.28. The highest BCUT2D eigenvalue weighted by molar-refractivity contribution is 8.00. The van der Waals surface area contributed by atoms with Gasteiger partial charge >= 0.3 is 0 Å². The predicted molar refractivity (Wildman–Crippen MR) is 127 cm³/mol. The van der Waals surface area contributed by atoms with Crippen LogP contribution in [0.4, 0.5) is 5.69 Å². The summed E-state index contributed by atoms with van der Waals surface area (Å²) in [6.45, 7) is 6.38. The molecular weight excluding hydrogens is 458 g/mol. The molecule has 10 heteroatoms. The van der Waals surface area contributed by atoms with Crippen molar-refractivity contribution in [3.8, 4) is 5.75 Å². The summed E-state index contributed by atoms with van der Waals surface area (Å²) in [7, 11) is 3.11. The van der Waals surface area contributed by atoms with E-state index in [1.165, 1.54) is 30.2 Å². The van der Waals surface area contributed by atoms with E-state index in [0.29, 0.717) is 45.0 Å². The van der Waals surface area contributed by atoms with Crippen molar-refractivity contribution >= 4 is 56.5 Å². The highest BCUT2D eigenvalue weighted by atomic mass is 35.5. The van der Waals surface area contributed by atoms with Crippen molar-refractivity contribution in [3.63, 3.8) is 0 Å². The molecule has 0 aliphatic heterocycles. The lowest BCUT2D eigenvalue weighted by Gasteiger charge is -2.16. The number of anilines is 1. The average Bonchev–Trinajstić information content (AvgIpc) is 3.01. The summed E-state index contributed by atoms with van der Waals surface area (Å²) in [5.74, 6) is 0.257. The Morgan fingerprint density at radius 1 is 1.35 bits per heavy atom. The first-order valence-corrected chi connectivity index (χ1v) is 11.6. The van der Waals surface area contributed by atoms with Crippen LogP contribution in [0.5, 0.6) is 5.75 Å². The van der Waals surface area contributed by atoms with E-state index in [1.54, 1.807) is 36.8 Å². The van der Waals surface area contributed by atoms with E-state index >= 15 is 0 Å². The van der Waals surface area contributed by atoms with Crippen molar-refractivity contribution in [1.29, 1.82) is 0 Å². The number of hydrogen-bond acceptors (Lipinski definition) is 7. The number of aromatic nitrogens is 2. The van der Waals surface area contributed by atoms with Crippen molar-refractivity contribution in [2.45, 2.75) is 37.7 Å². The topological polar surface area (TPSA) is 82.4 Å². The SMILES string of the molecule is COCCn1c(S[C@@H](C)C(=O)Nc2cc(Cl)ccc2OC)nc2sc(C)c(C)c2c1=O. The van der Waals surface area contributed by atoms with Crippen LogP contribution in [0.25, 0.3) is 10.2 Å². The molecule has 0 bridgehead atoms. The van der Waals surface area contributed by atoms with Crippen molar-refractivity contribution < 1.29 is 14.3 Å². The van der Waals surface area contributed by atoms with E-state index in [4.69, 9.17) is 26.1 Å². The standard InChI is InChI=1S/C21H24ClN3O4S2/c1-11-12(2)30-19-17(11)20(27)25(8-9-28-4)21(24-19)31-13(3)18(26)23-15-10-14(22)6-7-16(15)29-5/h6-7,10,13H,8-9H2,1-5H3,(H,23,26)/t13-/m0/s1. The minimum Gasteiger partial charge on any atom is -0.495 e. The number of fused-ring (bicyclic) bond motifs is 1. The number of aryl methyl sites for hydroxylation is 2. The maximum absolute atomic E-state index is 13.2. The quantitative estimate of drug-likeness (QED) is 0.376. The molecular formula is C21H24ClN3O4S2. The number of nitrogens with one attached hydrogen (secondary N) is 1. The van der Waals surface area contributed by atoms with Crippen LogP contribution in [0.1, 0.15) is 17.4 Å². The van der Waals surface area contributed by atoms with Crippen LogP contribution in [0.3, 0.4) is 0 Å². The number of halogens is 1. The van der Waals surface area contributed by atoms with Gasteiger partial charge in [-0.1, -0.05) is 23.4 Å². The van der Waals surface area contributed by atoms with E-state index in [2.05, 4.69) is 5.32 Å². The third kappa shape index (κ3) is 5.06. The maximum atomic E-state index is 13.2. The van der Waals surface area contributed by atoms with Crippen LogP contribution in [-0.2, 0) is 16.1 Å². The number of hydrogen-bond donors (Lipinski definition) is 1. The Hall–Kier alpha value is -2.07. The second-order valence-corrected chi connectivity index (χ2v) is 9.85. The summed E-state index contributed by atoms with van der Waals surface area (Å²) in [4.78, 5) is 32.5. The van der Waals surface area contributed by atoms with Gasteiger partial charge in [0.05, 0.1) is 36.6 Å². The van der Waals surface area contributed by atoms with Gasteiger partial charge in [0.2, 0.25) is 5.91 Å². The van der Waals surface area contributed by atoms with Crippen molar-refractivity contribution in [2.75, 3.05) is 26.1 Å². The molecule has 7 nitrogen and oxygen atoms in total. The van der Waals surface area contributed by atoms with Crippen LogP contribution in [0, 0.1) is 13.8 Å². The van der Waals surface area contributed by atoms with Crippen LogP contribution in [0.15, 0.2) is 28.2 Å². The van der Waals surface area contributed by atoms with E-state index in [-0.39, 0.29) is 11.5 Å². The molecule has 31 heavy (non-hydrogen) atoms. The van der Waals surface area contributed by atoms with E-state index < -0.39 is 5.25 Å². The minimum absolute atomic E-state index is 0.115. The Morgan fingerprint density at radius 3 is 2.77 bits per heavy atom. The molecule has 0 aliphatic rings. The number of thiophene rings is 1. The zero-order valence-corrected chi connectivity index (χ0v) is 20.3. The van der Waals surface area contributed by atoms with Gasteiger partial charge in [-0.2, -0.15) is 0 Å². The molecule has 0 aliphatic carbocycles. The Bertz CT molecular complexity index is 1180. The fraction of sp³-hybridized carbons (Fsp3) is 0.381. The molecule has 3 rings (SSSR count). The molecule has 2 heterocycles. The first-order chi connectivity index (χ1) is 14.8. The molecule has 0 radical (unpaired) electrons. The van der Waals surface area contributed by atoms with E-state index in [1.807, 2.05) is 13.8 Å². The number of methoxy groups -OCH3 is 2. The third-order valence-corrected chi connectivity index (χ3v) is 7.27. The van der Waals surface area contributed by atoms with Gasteiger partial charge in [-0.3, -0.25) is 14.2 Å². The average molecular weight is 482 g/mol. The summed E-state index contributed by atoms with van der Waals surface area (Å²) >= 11 is 8.76. The lowest BCUT2D eigenvalue weighted by atomic mass is 10.2. The van der Waals surface area contributed by atoms with Crippen LogP contribution in [-0.4, -0.2) is 41.5 Å². The highest BCUT2D eigenvalue weighted by Gasteiger charge is 2.22. The van der Waals surface area contributed by atoms with Gasteiger partial charge in [0.25, 0.3) is 5.56 Å². The summed E-state index contributed by atoms with van der Waals surface area (Å²) < 4.78 is 12.0. The van der Waals surface area contributed by atoms with E-state index in [0.717, 1.165) is 10.4 Å². The minimum atomic E-state index is -0.524. The number of nitrogens with zero attached hydrogens (tertiary/aromatic N) is 2. The number of carbonyl (C=O) groups excluding carboxylic acids is 1. The third-order valence-electron chi connectivity index (χ3n) is 4.84. The first-order valence-electron chi connectivity index (χ1n) is 9.57. The molecule has 1 N–H and O–H groups in total. The monoisotopic (exact) mass is 481 g/mol. The number of amides is 1. The van der Waals surface area contributed by atoms with Gasteiger partial charge in [0.15, 0.2) is 5.16 Å². The molecule has 0 saturated carbocycles. The van der Waals surface area contributed by atoms with Gasteiger partial charge in [0, 0.05) is 17.0 Å². The fourth-order valence-corrected chi connectivity index (χ4v) is 5.18. The summed E-state index contributed by atoms with van der Waals surface area (Å²) in [6.07, 6.45) is 0. The van der Waals surface area contributed by atoms with Gasteiger partial charge < -0.3 is 14.8 Å². The fourth-order valence-electron chi connectivity index (χ4n) is 3.00. The van der Waals surface area contributed by atoms with Gasteiger partial charge in [0.1, 0.15) is 10.6 Å². The van der Waals surface area contributed by atoms with Gasteiger partial charge in [-0.25, -0.2) is 4.98 Å². The number of benzene rings is 1. The van der Waals surface area contributed by atoms with Crippen LogP contribution in [0.2, 0.25) is 5.02 Å². The van der Waals surface area contributed by atoms with Gasteiger partial charge in [-0.05, 0) is 44.5 Å². The highest BCUT2D eigenvalue weighted by Crippen LogP contribution is 2.31. The summed E-state index contributed by atoms with van der Waals surface area (Å²) in [6, 6.07) is 5.01. The summed E-state index contributed by atoms with van der Waals surface area (Å²) in [5.41, 5.74) is 1.31. The zero-order chi connectivity index (χ0) is 22.7. The number of ether oxygens (including phenoxy) is 2. The Labute approximate surface area is 193 Å². The Kier molecular flexibility index (Phi) is 7.64. The second-order valence-electron chi connectivity index (χ2n) is 6.90. The van der Waals surface area contributed by atoms with Crippen molar-refractivity contribution in [2.24, 2.45) is 0 Å². The molecule has 2 aromatic heterocycles. The Balaban J connectivity index is 1.92.